The Morgan fingerprint density at radius 3 is 2.56 bits per heavy atom. The molecule has 6 heteroatoms. The first kappa shape index (κ1) is 13.3. The number of pyridine rings is 1. The summed E-state index contributed by atoms with van der Waals surface area (Å²) in [5.41, 5.74) is 6.48. The minimum atomic E-state index is 0.261. The number of benzene rings is 1. The summed E-state index contributed by atoms with van der Waals surface area (Å²) in [6.45, 7) is 0.261. The molecular formula is C12H9Cl3N2O. The minimum Gasteiger partial charge on any atom is -0.487 e. The molecule has 0 radical (unpaired) electrons. The second-order valence-corrected chi connectivity index (χ2v) is 4.75. The average Bonchev–Trinajstić information content (AvgIpc) is 2.34. The van der Waals surface area contributed by atoms with Gasteiger partial charge in [-0.05, 0) is 12.1 Å². The third-order valence-corrected chi connectivity index (χ3v) is 3.30. The predicted octanol–water partition coefficient (Wildman–Crippen LogP) is 4.20. The summed E-state index contributed by atoms with van der Waals surface area (Å²) in [5, 5.41) is 1.16. The van der Waals surface area contributed by atoms with Crippen LogP contribution in [-0.4, -0.2) is 4.98 Å². The van der Waals surface area contributed by atoms with Gasteiger partial charge in [-0.1, -0.05) is 40.9 Å². The van der Waals surface area contributed by atoms with Crippen LogP contribution in [0.3, 0.4) is 0 Å². The minimum absolute atomic E-state index is 0.261. The molecule has 1 aromatic heterocycles. The van der Waals surface area contributed by atoms with Gasteiger partial charge in [-0.25, -0.2) is 4.98 Å². The standard InChI is InChI=1S/C12H9Cl3N2O/c13-8-4-10(15)11(5-9(8)14)18-6-7-2-1-3-17-12(7)16/h1-5H,6H2,(H2,16,17). The van der Waals surface area contributed by atoms with Crippen LogP contribution in [0.2, 0.25) is 15.1 Å². The molecule has 0 fully saturated rings. The van der Waals surface area contributed by atoms with E-state index in [-0.39, 0.29) is 6.61 Å². The molecule has 2 aromatic rings. The van der Waals surface area contributed by atoms with E-state index in [1.165, 1.54) is 6.07 Å². The van der Waals surface area contributed by atoms with Crippen molar-refractivity contribution in [3.05, 3.63) is 51.1 Å². The van der Waals surface area contributed by atoms with Crippen molar-refractivity contribution < 1.29 is 4.74 Å². The van der Waals surface area contributed by atoms with Crippen molar-refractivity contribution in [3.8, 4) is 5.75 Å². The lowest BCUT2D eigenvalue weighted by Crippen LogP contribution is -2.02. The highest BCUT2D eigenvalue weighted by Gasteiger charge is 2.08. The molecule has 0 bridgehead atoms. The Morgan fingerprint density at radius 1 is 1.11 bits per heavy atom. The average molecular weight is 304 g/mol. The highest BCUT2D eigenvalue weighted by molar-refractivity contribution is 6.43. The maximum absolute atomic E-state index is 5.99. The Morgan fingerprint density at radius 2 is 1.83 bits per heavy atom. The SMILES string of the molecule is Nc1ncccc1COc1cc(Cl)c(Cl)cc1Cl. The lowest BCUT2D eigenvalue weighted by atomic mass is 10.3. The third-order valence-electron chi connectivity index (χ3n) is 2.28. The van der Waals surface area contributed by atoms with Gasteiger partial charge in [-0.3, -0.25) is 0 Å². The van der Waals surface area contributed by atoms with E-state index in [1.807, 2.05) is 6.07 Å². The fourth-order valence-electron chi connectivity index (χ4n) is 1.34. The molecule has 0 atom stereocenters. The summed E-state index contributed by atoms with van der Waals surface area (Å²) in [6.07, 6.45) is 1.62. The first-order valence-electron chi connectivity index (χ1n) is 5.04. The number of ether oxygens (including phenoxy) is 1. The lowest BCUT2D eigenvalue weighted by molar-refractivity contribution is 0.307. The van der Waals surface area contributed by atoms with Gasteiger partial charge in [-0.15, -0.1) is 0 Å². The van der Waals surface area contributed by atoms with Crippen LogP contribution in [0.5, 0.6) is 5.75 Å². The largest absolute Gasteiger partial charge is 0.487 e. The molecule has 0 saturated heterocycles. The molecule has 2 N–H and O–H groups in total. The smallest absolute Gasteiger partial charge is 0.139 e. The number of nitrogens with two attached hydrogens (primary N) is 1. The maximum Gasteiger partial charge on any atom is 0.139 e. The van der Waals surface area contributed by atoms with Crippen LogP contribution in [0.15, 0.2) is 30.5 Å². The number of halogens is 3. The molecule has 0 unspecified atom stereocenters. The molecule has 0 aliphatic heterocycles. The summed E-state index contributed by atoms with van der Waals surface area (Å²) in [4.78, 5) is 3.96. The molecule has 18 heavy (non-hydrogen) atoms. The number of anilines is 1. The van der Waals surface area contributed by atoms with E-state index in [2.05, 4.69) is 4.98 Å². The van der Waals surface area contributed by atoms with Gasteiger partial charge in [0, 0.05) is 17.8 Å². The van der Waals surface area contributed by atoms with E-state index < -0.39 is 0 Å². The Hall–Kier alpha value is -1.16. The highest BCUT2D eigenvalue weighted by atomic mass is 35.5. The summed E-state index contributed by atoms with van der Waals surface area (Å²) < 4.78 is 5.54. The van der Waals surface area contributed by atoms with Crippen molar-refractivity contribution >= 4 is 40.6 Å². The molecule has 94 valence electrons. The molecule has 2 rings (SSSR count). The number of aromatic nitrogens is 1. The van der Waals surface area contributed by atoms with Gasteiger partial charge in [0.25, 0.3) is 0 Å². The van der Waals surface area contributed by atoms with Crippen molar-refractivity contribution in [1.82, 2.24) is 4.98 Å². The number of rotatable bonds is 3. The topological polar surface area (TPSA) is 48.1 Å². The first-order chi connectivity index (χ1) is 8.58. The van der Waals surface area contributed by atoms with Gasteiger partial charge in [0.15, 0.2) is 0 Å². The fraction of sp³-hybridized carbons (Fsp3) is 0.0833. The van der Waals surface area contributed by atoms with E-state index in [9.17, 15) is 0 Å². The van der Waals surface area contributed by atoms with Crippen LogP contribution in [0.4, 0.5) is 5.82 Å². The molecule has 3 nitrogen and oxygen atoms in total. The van der Waals surface area contributed by atoms with Crippen LogP contribution in [-0.2, 0) is 6.61 Å². The monoisotopic (exact) mass is 302 g/mol. The molecule has 1 heterocycles. The summed E-state index contributed by atoms with van der Waals surface area (Å²) in [5.74, 6) is 0.878. The van der Waals surface area contributed by atoms with Gasteiger partial charge in [-0.2, -0.15) is 0 Å². The van der Waals surface area contributed by atoms with E-state index in [0.717, 1.165) is 5.56 Å². The normalized spacial score (nSPS) is 10.4. The fourth-order valence-corrected chi connectivity index (χ4v) is 1.93. The van der Waals surface area contributed by atoms with Crippen molar-refractivity contribution in [2.75, 3.05) is 5.73 Å². The molecule has 0 saturated carbocycles. The Kier molecular flexibility index (Phi) is 4.17. The molecule has 0 aliphatic rings. The van der Waals surface area contributed by atoms with E-state index >= 15 is 0 Å². The second kappa shape index (κ2) is 5.65. The number of nitrogen functional groups attached to an aromatic ring is 1. The van der Waals surface area contributed by atoms with Gasteiger partial charge in [0.1, 0.15) is 18.2 Å². The summed E-state index contributed by atoms with van der Waals surface area (Å²) >= 11 is 17.7. The molecular weight excluding hydrogens is 295 g/mol. The molecule has 1 aromatic carbocycles. The second-order valence-electron chi connectivity index (χ2n) is 3.53. The molecule has 0 spiro atoms. The van der Waals surface area contributed by atoms with Crippen LogP contribution in [0.1, 0.15) is 5.56 Å². The van der Waals surface area contributed by atoms with Crippen molar-refractivity contribution in [3.63, 3.8) is 0 Å². The number of nitrogens with zero attached hydrogens (tertiary/aromatic N) is 1. The number of hydrogen-bond acceptors (Lipinski definition) is 3. The first-order valence-corrected chi connectivity index (χ1v) is 6.18. The highest BCUT2D eigenvalue weighted by Crippen LogP contribution is 2.34. The lowest BCUT2D eigenvalue weighted by Gasteiger charge is -2.10. The van der Waals surface area contributed by atoms with Crippen LogP contribution in [0.25, 0.3) is 0 Å². The Bertz CT molecular complexity index is 575. The number of hydrogen-bond donors (Lipinski definition) is 1. The predicted molar refractivity (Wildman–Crippen MR) is 74.5 cm³/mol. The zero-order valence-corrected chi connectivity index (χ0v) is 11.4. The quantitative estimate of drug-likeness (QED) is 0.864. The van der Waals surface area contributed by atoms with Gasteiger partial charge < -0.3 is 10.5 Å². The zero-order valence-electron chi connectivity index (χ0n) is 9.16. The maximum atomic E-state index is 5.99. The van der Waals surface area contributed by atoms with Crippen molar-refractivity contribution in [1.29, 1.82) is 0 Å². The van der Waals surface area contributed by atoms with Crippen molar-refractivity contribution in [2.45, 2.75) is 6.61 Å². The Balaban J connectivity index is 2.16. The van der Waals surface area contributed by atoms with Crippen LogP contribution >= 0.6 is 34.8 Å². The van der Waals surface area contributed by atoms with Crippen molar-refractivity contribution in [2.24, 2.45) is 0 Å². The third kappa shape index (κ3) is 2.99. The van der Waals surface area contributed by atoms with Crippen LogP contribution < -0.4 is 10.5 Å². The van der Waals surface area contributed by atoms with E-state index in [1.54, 1.807) is 18.3 Å². The summed E-state index contributed by atoms with van der Waals surface area (Å²) in [7, 11) is 0. The Labute approximate surface area is 119 Å². The van der Waals surface area contributed by atoms with E-state index in [0.29, 0.717) is 26.6 Å². The zero-order chi connectivity index (χ0) is 13.1. The van der Waals surface area contributed by atoms with Gasteiger partial charge in [0.05, 0.1) is 15.1 Å². The van der Waals surface area contributed by atoms with Crippen LogP contribution in [0, 0.1) is 0 Å². The van der Waals surface area contributed by atoms with Gasteiger partial charge >= 0.3 is 0 Å². The molecule has 0 aliphatic carbocycles. The summed E-state index contributed by atoms with van der Waals surface area (Å²) in [6, 6.07) is 6.71. The van der Waals surface area contributed by atoms with E-state index in [4.69, 9.17) is 45.3 Å². The van der Waals surface area contributed by atoms with Gasteiger partial charge in [0.2, 0.25) is 0 Å². The molecule has 0 amide bonds.